The van der Waals surface area contributed by atoms with E-state index in [1.54, 1.807) is 0 Å². The van der Waals surface area contributed by atoms with Crippen LogP contribution in [0.4, 0.5) is 0 Å². The lowest BCUT2D eigenvalue weighted by Crippen LogP contribution is -2.50. The summed E-state index contributed by atoms with van der Waals surface area (Å²) in [4.78, 5) is 2.63. The molecule has 1 heterocycles. The van der Waals surface area contributed by atoms with Crippen molar-refractivity contribution in [2.75, 3.05) is 26.7 Å². The lowest BCUT2D eigenvalue weighted by atomic mass is 9.94. The number of likely N-dealkylation sites (N-methyl/N-ethyl adjacent to an activating group) is 1. The fourth-order valence-corrected chi connectivity index (χ4v) is 3.18. The molecule has 0 amide bonds. The van der Waals surface area contributed by atoms with E-state index in [0.29, 0.717) is 12.1 Å². The van der Waals surface area contributed by atoms with Crippen molar-refractivity contribution in [2.24, 2.45) is 0 Å². The normalized spacial score (nSPS) is 21.1. The van der Waals surface area contributed by atoms with E-state index in [9.17, 15) is 0 Å². The zero-order valence-corrected chi connectivity index (χ0v) is 13.8. The third kappa shape index (κ3) is 3.98. The van der Waals surface area contributed by atoms with Crippen LogP contribution in [0.15, 0.2) is 24.3 Å². The van der Waals surface area contributed by atoms with Gasteiger partial charge in [0.25, 0.3) is 0 Å². The number of ether oxygens (including phenoxy) is 1. The number of benzene rings is 1. The number of hydrogen-bond donors (Lipinski definition) is 1. The van der Waals surface area contributed by atoms with Crippen molar-refractivity contribution in [3.8, 4) is 5.75 Å². The maximum absolute atomic E-state index is 6.03. The average Bonchev–Trinajstić information content (AvgIpc) is 2.54. The molecular weight excluding hydrogens is 260 g/mol. The van der Waals surface area contributed by atoms with Crippen LogP contribution in [-0.2, 0) is 0 Å². The first-order valence-corrected chi connectivity index (χ1v) is 8.44. The molecular formula is C18H30N2O. The third-order valence-electron chi connectivity index (χ3n) is 4.43. The Labute approximate surface area is 129 Å². The van der Waals surface area contributed by atoms with Crippen LogP contribution in [0.3, 0.4) is 0 Å². The minimum Gasteiger partial charge on any atom is -0.492 e. The molecule has 0 saturated carbocycles. The number of hydrogen-bond acceptors (Lipinski definition) is 3. The SMILES string of the molecule is CCCCN(CCCC)C1COc2ccccc2C1NC. The summed E-state index contributed by atoms with van der Waals surface area (Å²) >= 11 is 0. The van der Waals surface area contributed by atoms with Gasteiger partial charge in [-0.2, -0.15) is 0 Å². The van der Waals surface area contributed by atoms with Crippen molar-refractivity contribution < 1.29 is 4.74 Å². The summed E-state index contributed by atoms with van der Waals surface area (Å²) in [5.41, 5.74) is 1.30. The molecule has 0 spiro atoms. The molecule has 0 saturated heterocycles. The Hall–Kier alpha value is -1.06. The maximum atomic E-state index is 6.03. The highest BCUT2D eigenvalue weighted by Gasteiger charge is 2.33. The summed E-state index contributed by atoms with van der Waals surface area (Å²) in [5.74, 6) is 1.04. The van der Waals surface area contributed by atoms with Crippen LogP contribution >= 0.6 is 0 Å². The molecule has 0 aromatic heterocycles. The lowest BCUT2D eigenvalue weighted by Gasteiger charge is -2.40. The number of fused-ring (bicyclic) bond motifs is 1. The molecule has 21 heavy (non-hydrogen) atoms. The summed E-state index contributed by atoms with van der Waals surface area (Å²) in [6, 6.07) is 9.24. The molecule has 0 aliphatic carbocycles. The smallest absolute Gasteiger partial charge is 0.124 e. The summed E-state index contributed by atoms with van der Waals surface area (Å²) in [6.07, 6.45) is 5.02. The van der Waals surface area contributed by atoms with E-state index in [1.807, 2.05) is 0 Å². The van der Waals surface area contributed by atoms with Gasteiger partial charge >= 0.3 is 0 Å². The van der Waals surface area contributed by atoms with Crippen molar-refractivity contribution in [3.63, 3.8) is 0 Å². The zero-order chi connectivity index (χ0) is 15.1. The molecule has 0 fully saturated rings. The molecule has 1 aliphatic rings. The second kappa shape index (κ2) is 8.40. The van der Waals surface area contributed by atoms with Crippen molar-refractivity contribution in [1.82, 2.24) is 10.2 Å². The van der Waals surface area contributed by atoms with E-state index < -0.39 is 0 Å². The molecule has 0 bridgehead atoms. The standard InChI is InChI=1S/C18H30N2O/c1-4-6-12-20(13-7-5-2)16-14-21-17-11-9-8-10-15(17)18(16)19-3/h8-11,16,18-19H,4-7,12-14H2,1-3H3. The highest BCUT2D eigenvalue weighted by Crippen LogP contribution is 2.34. The summed E-state index contributed by atoms with van der Waals surface area (Å²) in [7, 11) is 2.07. The van der Waals surface area contributed by atoms with E-state index in [2.05, 4.69) is 55.4 Å². The van der Waals surface area contributed by atoms with Crippen LogP contribution in [0.5, 0.6) is 5.75 Å². The molecule has 3 nitrogen and oxygen atoms in total. The monoisotopic (exact) mass is 290 g/mol. The molecule has 1 aliphatic heterocycles. The van der Waals surface area contributed by atoms with E-state index in [-0.39, 0.29) is 0 Å². The quantitative estimate of drug-likeness (QED) is 0.791. The topological polar surface area (TPSA) is 24.5 Å². The Kier molecular flexibility index (Phi) is 6.52. The molecule has 3 heteroatoms. The first-order valence-electron chi connectivity index (χ1n) is 8.44. The fraction of sp³-hybridized carbons (Fsp3) is 0.667. The van der Waals surface area contributed by atoms with Gasteiger partial charge in [-0.05, 0) is 39.0 Å². The van der Waals surface area contributed by atoms with Crippen molar-refractivity contribution >= 4 is 0 Å². The number of nitrogens with zero attached hydrogens (tertiary/aromatic N) is 1. The largest absolute Gasteiger partial charge is 0.492 e. The van der Waals surface area contributed by atoms with E-state index in [1.165, 1.54) is 44.3 Å². The van der Waals surface area contributed by atoms with Gasteiger partial charge in [0, 0.05) is 5.56 Å². The highest BCUT2D eigenvalue weighted by molar-refractivity contribution is 5.38. The molecule has 118 valence electrons. The lowest BCUT2D eigenvalue weighted by molar-refractivity contribution is 0.0854. The summed E-state index contributed by atoms with van der Waals surface area (Å²) in [6.45, 7) is 7.66. The van der Waals surface area contributed by atoms with Gasteiger partial charge < -0.3 is 10.1 Å². The Morgan fingerprint density at radius 2 is 1.81 bits per heavy atom. The van der Waals surface area contributed by atoms with Crippen molar-refractivity contribution in [3.05, 3.63) is 29.8 Å². The first kappa shape index (κ1) is 16.3. The second-order valence-electron chi connectivity index (χ2n) is 5.93. The summed E-state index contributed by atoms with van der Waals surface area (Å²) in [5, 5.41) is 3.52. The van der Waals surface area contributed by atoms with Gasteiger partial charge in [0.1, 0.15) is 12.4 Å². The van der Waals surface area contributed by atoms with Crippen LogP contribution in [0, 0.1) is 0 Å². The minimum absolute atomic E-state index is 0.365. The maximum Gasteiger partial charge on any atom is 0.124 e. The Bertz CT molecular complexity index is 413. The molecule has 1 aromatic rings. The fourth-order valence-electron chi connectivity index (χ4n) is 3.18. The first-order chi connectivity index (χ1) is 10.3. The van der Waals surface area contributed by atoms with Crippen LogP contribution in [0.1, 0.15) is 51.1 Å². The predicted octanol–water partition coefficient (Wildman–Crippen LogP) is 3.61. The minimum atomic E-state index is 0.365. The van der Waals surface area contributed by atoms with E-state index in [0.717, 1.165) is 12.4 Å². The number of unbranched alkanes of at least 4 members (excludes halogenated alkanes) is 2. The van der Waals surface area contributed by atoms with E-state index >= 15 is 0 Å². The van der Waals surface area contributed by atoms with Crippen molar-refractivity contribution in [1.29, 1.82) is 0 Å². The number of rotatable bonds is 8. The van der Waals surface area contributed by atoms with Crippen LogP contribution < -0.4 is 10.1 Å². The van der Waals surface area contributed by atoms with Crippen LogP contribution in [0.25, 0.3) is 0 Å². The molecule has 0 radical (unpaired) electrons. The molecule has 1 aromatic carbocycles. The molecule has 2 atom stereocenters. The second-order valence-corrected chi connectivity index (χ2v) is 5.93. The molecule has 1 N–H and O–H groups in total. The average molecular weight is 290 g/mol. The van der Waals surface area contributed by atoms with Gasteiger partial charge in [-0.25, -0.2) is 0 Å². The highest BCUT2D eigenvalue weighted by atomic mass is 16.5. The van der Waals surface area contributed by atoms with Gasteiger partial charge in [-0.3, -0.25) is 4.90 Å². The van der Waals surface area contributed by atoms with Gasteiger partial charge in [0.2, 0.25) is 0 Å². The third-order valence-corrected chi connectivity index (χ3v) is 4.43. The Balaban J connectivity index is 2.15. The summed E-state index contributed by atoms with van der Waals surface area (Å²) < 4.78 is 6.03. The van der Waals surface area contributed by atoms with Crippen molar-refractivity contribution in [2.45, 2.75) is 51.6 Å². The Morgan fingerprint density at radius 1 is 1.14 bits per heavy atom. The molecule has 2 unspecified atom stereocenters. The zero-order valence-electron chi connectivity index (χ0n) is 13.8. The van der Waals surface area contributed by atoms with Gasteiger partial charge in [0.05, 0.1) is 12.1 Å². The van der Waals surface area contributed by atoms with Gasteiger partial charge in [-0.15, -0.1) is 0 Å². The van der Waals surface area contributed by atoms with Crippen LogP contribution in [0.2, 0.25) is 0 Å². The molecule has 2 rings (SSSR count). The van der Waals surface area contributed by atoms with Crippen LogP contribution in [-0.4, -0.2) is 37.7 Å². The number of para-hydroxylation sites is 1. The van der Waals surface area contributed by atoms with Gasteiger partial charge in [0.15, 0.2) is 0 Å². The Morgan fingerprint density at radius 3 is 2.43 bits per heavy atom. The predicted molar refractivity (Wildman–Crippen MR) is 88.9 cm³/mol. The van der Waals surface area contributed by atoms with E-state index in [4.69, 9.17) is 4.74 Å². The van der Waals surface area contributed by atoms with Gasteiger partial charge in [-0.1, -0.05) is 44.9 Å². The number of nitrogens with one attached hydrogen (secondary N) is 1.